The third-order valence-corrected chi connectivity index (χ3v) is 4.77. The molecule has 4 rings (SSSR count). The van der Waals surface area contributed by atoms with E-state index in [4.69, 9.17) is 4.52 Å². The number of benzene rings is 1. The Morgan fingerprint density at radius 1 is 1.23 bits per heavy atom. The molecule has 22 heavy (non-hydrogen) atoms. The van der Waals surface area contributed by atoms with Gasteiger partial charge in [0.1, 0.15) is 5.69 Å². The maximum Gasteiger partial charge on any atom is 0.159 e. The fraction of sp³-hybridized carbons (Fsp3) is 0.389. The number of halogens is 1. The number of aromatic nitrogens is 1. The second-order valence-corrected chi connectivity index (χ2v) is 6.31. The lowest BCUT2D eigenvalue weighted by atomic mass is 9.92. The first-order chi connectivity index (χ1) is 10.3. The Morgan fingerprint density at radius 2 is 2.05 bits per heavy atom. The average Bonchev–Trinajstić information content (AvgIpc) is 3.22. The standard InChI is InChI=1S/C18H20N2O.ClH/c1-13-2-4-14(5-3-13)18-10-17(21-19-18)7-6-15-11-20-9-8-16(15)12-20;/h2-7,10,15-16H,8-9,11-12H2,1H3;1H. The zero-order valence-electron chi connectivity index (χ0n) is 12.7. The van der Waals surface area contributed by atoms with Gasteiger partial charge in [0.15, 0.2) is 5.76 Å². The molecule has 0 radical (unpaired) electrons. The Labute approximate surface area is 137 Å². The van der Waals surface area contributed by atoms with E-state index < -0.39 is 0 Å². The van der Waals surface area contributed by atoms with Gasteiger partial charge in [-0.05, 0) is 37.8 Å². The fourth-order valence-electron chi connectivity index (χ4n) is 3.49. The van der Waals surface area contributed by atoms with E-state index in [9.17, 15) is 0 Å². The van der Waals surface area contributed by atoms with Crippen molar-refractivity contribution < 1.29 is 4.52 Å². The van der Waals surface area contributed by atoms with Crippen molar-refractivity contribution in [1.82, 2.24) is 10.1 Å². The van der Waals surface area contributed by atoms with E-state index in [1.165, 1.54) is 31.6 Å². The number of hydrogen-bond donors (Lipinski definition) is 0. The first kappa shape index (κ1) is 15.3. The van der Waals surface area contributed by atoms with Crippen molar-refractivity contribution in [1.29, 1.82) is 0 Å². The van der Waals surface area contributed by atoms with Gasteiger partial charge in [-0.3, -0.25) is 0 Å². The SMILES string of the molecule is Cc1ccc(-c2cc(C=CC3CN4CCC3C4)on2)cc1.Cl. The van der Waals surface area contributed by atoms with Gasteiger partial charge in [-0.2, -0.15) is 0 Å². The topological polar surface area (TPSA) is 29.3 Å². The molecule has 0 spiro atoms. The second kappa shape index (κ2) is 6.27. The zero-order chi connectivity index (χ0) is 14.2. The van der Waals surface area contributed by atoms with Crippen LogP contribution in [0.3, 0.4) is 0 Å². The summed E-state index contributed by atoms with van der Waals surface area (Å²) < 4.78 is 5.44. The van der Waals surface area contributed by atoms with E-state index in [-0.39, 0.29) is 12.4 Å². The predicted molar refractivity (Wildman–Crippen MR) is 91.0 cm³/mol. The molecule has 0 aliphatic carbocycles. The van der Waals surface area contributed by atoms with Crippen LogP contribution in [-0.2, 0) is 0 Å². The van der Waals surface area contributed by atoms with Crippen LogP contribution in [0.15, 0.2) is 40.9 Å². The molecule has 116 valence electrons. The van der Waals surface area contributed by atoms with Crippen molar-refractivity contribution >= 4 is 18.5 Å². The Morgan fingerprint density at radius 3 is 2.73 bits per heavy atom. The highest BCUT2D eigenvalue weighted by Gasteiger charge is 2.36. The van der Waals surface area contributed by atoms with Gasteiger partial charge in [-0.1, -0.05) is 41.1 Å². The quantitative estimate of drug-likeness (QED) is 0.856. The number of aryl methyl sites for hydroxylation is 1. The Bertz CT molecular complexity index is 662. The largest absolute Gasteiger partial charge is 0.356 e. The molecule has 1 aromatic heterocycles. The van der Waals surface area contributed by atoms with Crippen molar-refractivity contribution in [3.8, 4) is 11.3 Å². The molecule has 2 bridgehead atoms. The van der Waals surface area contributed by atoms with Gasteiger partial charge in [-0.25, -0.2) is 0 Å². The summed E-state index contributed by atoms with van der Waals surface area (Å²) in [6, 6.07) is 10.4. The van der Waals surface area contributed by atoms with Crippen LogP contribution >= 0.6 is 12.4 Å². The maximum atomic E-state index is 5.44. The molecule has 0 amide bonds. The van der Waals surface area contributed by atoms with Crippen molar-refractivity contribution in [2.75, 3.05) is 19.6 Å². The minimum Gasteiger partial charge on any atom is -0.356 e. The fourth-order valence-corrected chi connectivity index (χ4v) is 3.49. The molecule has 3 atom stereocenters. The second-order valence-electron chi connectivity index (χ2n) is 6.31. The monoisotopic (exact) mass is 316 g/mol. The number of rotatable bonds is 3. The zero-order valence-corrected chi connectivity index (χ0v) is 13.6. The molecule has 0 N–H and O–H groups in total. The predicted octanol–water partition coefficient (Wildman–Crippen LogP) is 4.04. The molecular weight excluding hydrogens is 296 g/mol. The van der Waals surface area contributed by atoms with Crippen molar-refractivity contribution in [2.45, 2.75) is 13.3 Å². The third kappa shape index (κ3) is 2.96. The number of fused-ring (bicyclic) bond motifs is 2. The van der Waals surface area contributed by atoms with Crippen LogP contribution in [0.4, 0.5) is 0 Å². The van der Waals surface area contributed by atoms with Gasteiger partial charge in [0.2, 0.25) is 0 Å². The molecule has 1 aromatic carbocycles. The summed E-state index contributed by atoms with van der Waals surface area (Å²) in [5.74, 6) is 2.38. The Balaban J connectivity index is 0.00000144. The molecule has 3 nitrogen and oxygen atoms in total. The molecule has 2 aromatic rings. The van der Waals surface area contributed by atoms with E-state index in [2.05, 4.69) is 53.4 Å². The van der Waals surface area contributed by atoms with Gasteiger partial charge in [0.05, 0.1) is 0 Å². The van der Waals surface area contributed by atoms with Crippen molar-refractivity contribution in [3.05, 3.63) is 47.7 Å². The first-order valence-electron chi connectivity index (χ1n) is 7.72. The Kier molecular flexibility index (Phi) is 4.37. The summed E-state index contributed by atoms with van der Waals surface area (Å²) in [5, 5.41) is 4.17. The normalized spacial score (nSPS) is 26.5. The lowest BCUT2D eigenvalue weighted by Gasteiger charge is -2.18. The number of nitrogens with zero attached hydrogens (tertiary/aromatic N) is 2. The van der Waals surface area contributed by atoms with Crippen LogP contribution in [0, 0.1) is 18.8 Å². The smallest absolute Gasteiger partial charge is 0.159 e. The van der Waals surface area contributed by atoms with Gasteiger partial charge < -0.3 is 9.42 Å². The summed E-state index contributed by atoms with van der Waals surface area (Å²) in [4.78, 5) is 2.55. The summed E-state index contributed by atoms with van der Waals surface area (Å²) in [5.41, 5.74) is 3.27. The molecule has 3 heterocycles. The lowest BCUT2D eigenvalue weighted by Crippen LogP contribution is -2.21. The van der Waals surface area contributed by atoms with Crippen LogP contribution in [-0.4, -0.2) is 29.7 Å². The first-order valence-corrected chi connectivity index (χ1v) is 7.72. The van der Waals surface area contributed by atoms with Gasteiger partial charge in [0, 0.05) is 24.7 Å². The molecular formula is C18H21ClN2O. The molecule has 3 unspecified atom stereocenters. The van der Waals surface area contributed by atoms with Crippen LogP contribution in [0.5, 0.6) is 0 Å². The van der Waals surface area contributed by atoms with Crippen LogP contribution in [0.2, 0.25) is 0 Å². The number of hydrogen-bond acceptors (Lipinski definition) is 3. The van der Waals surface area contributed by atoms with E-state index in [0.717, 1.165) is 22.9 Å². The van der Waals surface area contributed by atoms with E-state index in [0.29, 0.717) is 5.92 Å². The van der Waals surface area contributed by atoms with Crippen LogP contribution in [0.1, 0.15) is 17.7 Å². The summed E-state index contributed by atoms with van der Waals surface area (Å²) in [6.07, 6.45) is 5.75. The lowest BCUT2D eigenvalue weighted by molar-refractivity contribution is 0.334. The Hall–Kier alpha value is -1.58. The van der Waals surface area contributed by atoms with Gasteiger partial charge in [-0.15, -0.1) is 12.4 Å². The van der Waals surface area contributed by atoms with E-state index in [1.54, 1.807) is 0 Å². The van der Waals surface area contributed by atoms with Crippen molar-refractivity contribution in [2.24, 2.45) is 11.8 Å². The third-order valence-electron chi connectivity index (χ3n) is 4.77. The average molecular weight is 317 g/mol. The highest BCUT2D eigenvalue weighted by Crippen LogP contribution is 2.34. The van der Waals surface area contributed by atoms with E-state index in [1.807, 2.05) is 6.07 Å². The summed E-state index contributed by atoms with van der Waals surface area (Å²) >= 11 is 0. The summed E-state index contributed by atoms with van der Waals surface area (Å²) in [7, 11) is 0. The number of piperidine rings is 1. The van der Waals surface area contributed by atoms with Crippen molar-refractivity contribution in [3.63, 3.8) is 0 Å². The van der Waals surface area contributed by atoms with Gasteiger partial charge in [0.25, 0.3) is 0 Å². The molecule has 4 heteroatoms. The van der Waals surface area contributed by atoms with E-state index >= 15 is 0 Å². The van der Waals surface area contributed by atoms with Crippen LogP contribution < -0.4 is 0 Å². The molecule has 2 saturated heterocycles. The van der Waals surface area contributed by atoms with Gasteiger partial charge >= 0.3 is 0 Å². The highest BCUT2D eigenvalue weighted by atomic mass is 35.5. The molecule has 0 saturated carbocycles. The maximum absolute atomic E-state index is 5.44. The molecule has 2 aliphatic rings. The minimum absolute atomic E-state index is 0. The van der Waals surface area contributed by atoms with Crippen LogP contribution in [0.25, 0.3) is 17.3 Å². The molecule has 2 aliphatic heterocycles. The summed E-state index contributed by atoms with van der Waals surface area (Å²) in [6.45, 7) is 5.86. The minimum atomic E-state index is 0. The molecule has 2 fully saturated rings. The highest BCUT2D eigenvalue weighted by molar-refractivity contribution is 5.85.